The maximum Gasteiger partial charge on any atom is 0.316 e. The van der Waals surface area contributed by atoms with Crippen molar-refractivity contribution in [3.05, 3.63) is 59.7 Å². The minimum Gasteiger partial charge on any atom is -0.489 e. The van der Waals surface area contributed by atoms with E-state index in [1.165, 1.54) is 19.3 Å². The molecule has 2 aromatic rings. The van der Waals surface area contributed by atoms with Gasteiger partial charge in [-0.15, -0.1) is 0 Å². The first-order chi connectivity index (χ1) is 13.6. The average molecular weight is 383 g/mol. The van der Waals surface area contributed by atoms with Crippen molar-refractivity contribution < 1.29 is 14.6 Å². The van der Waals surface area contributed by atoms with Crippen LogP contribution >= 0.6 is 0 Å². The molecule has 0 heterocycles. The van der Waals surface area contributed by atoms with Crippen molar-refractivity contribution in [2.24, 2.45) is 5.73 Å². The molecule has 1 atom stereocenters. The third-order valence-electron chi connectivity index (χ3n) is 5.03. The van der Waals surface area contributed by atoms with E-state index in [4.69, 9.17) is 10.5 Å². The van der Waals surface area contributed by atoms with Gasteiger partial charge in [-0.25, -0.2) is 4.79 Å². The van der Waals surface area contributed by atoms with Crippen LogP contribution in [0.2, 0.25) is 0 Å². The second kappa shape index (κ2) is 10.1. The van der Waals surface area contributed by atoms with Gasteiger partial charge >= 0.3 is 6.03 Å². The topological polar surface area (TPSA) is 96.6 Å². The largest absolute Gasteiger partial charge is 0.489 e. The summed E-state index contributed by atoms with van der Waals surface area (Å²) in [5.74, 6) is 0.571. The molecule has 0 spiro atoms. The first kappa shape index (κ1) is 20.2. The summed E-state index contributed by atoms with van der Waals surface area (Å²) >= 11 is 0. The molecule has 150 valence electrons. The number of benzene rings is 2. The molecule has 1 unspecified atom stereocenters. The van der Waals surface area contributed by atoms with Crippen LogP contribution in [-0.4, -0.2) is 23.7 Å². The van der Waals surface area contributed by atoms with Crippen LogP contribution in [0.5, 0.6) is 5.75 Å². The number of urea groups is 1. The van der Waals surface area contributed by atoms with Gasteiger partial charge in [-0.05, 0) is 36.1 Å². The molecule has 1 saturated carbocycles. The molecule has 28 heavy (non-hydrogen) atoms. The van der Waals surface area contributed by atoms with Crippen LogP contribution in [0.15, 0.2) is 48.5 Å². The minimum absolute atomic E-state index is 0.400. The monoisotopic (exact) mass is 383 g/mol. The van der Waals surface area contributed by atoms with Crippen molar-refractivity contribution in [1.82, 2.24) is 5.32 Å². The van der Waals surface area contributed by atoms with Gasteiger partial charge in [0, 0.05) is 24.3 Å². The third-order valence-corrected chi connectivity index (χ3v) is 5.03. The van der Waals surface area contributed by atoms with Gasteiger partial charge in [0.2, 0.25) is 0 Å². The highest BCUT2D eigenvalue weighted by Crippen LogP contribution is 2.26. The van der Waals surface area contributed by atoms with E-state index in [0.29, 0.717) is 36.2 Å². The van der Waals surface area contributed by atoms with E-state index >= 15 is 0 Å². The SMILES string of the molecule is NC(=O)Nc1cc(OCc2ccccc2)cc(C(O)CNC2CCCCC2)c1. The molecule has 6 nitrogen and oxygen atoms in total. The molecule has 2 aromatic carbocycles. The number of hydrogen-bond acceptors (Lipinski definition) is 4. The predicted octanol–water partition coefficient (Wildman–Crippen LogP) is 3.71. The van der Waals surface area contributed by atoms with Gasteiger partial charge in [0.1, 0.15) is 12.4 Å². The Balaban J connectivity index is 1.68. The molecule has 1 aliphatic carbocycles. The third kappa shape index (κ3) is 6.25. The number of primary amides is 1. The van der Waals surface area contributed by atoms with Gasteiger partial charge in [0.05, 0.1) is 6.10 Å². The lowest BCUT2D eigenvalue weighted by atomic mass is 9.95. The summed E-state index contributed by atoms with van der Waals surface area (Å²) in [6, 6.07) is 14.9. The number of anilines is 1. The van der Waals surface area contributed by atoms with E-state index < -0.39 is 12.1 Å². The normalized spacial score (nSPS) is 15.8. The van der Waals surface area contributed by atoms with Crippen molar-refractivity contribution in [2.45, 2.75) is 50.9 Å². The zero-order valence-electron chi connectivity index (χ0n) is 16.1. The number of carbonyl (C=O) groups excluding carboxylic acids is 1. The molecule has 0 bridgehead atoms. The average Bonchev–Trinajstić information content (AvgIpc) is 2.71. The molecule has 1 aliphatic rings. The quantitative estimate of drug-likeness (QED) is 0.559. The minimum atomic E-state index is -0.698. The molecule has 5 N–H and O–H groups in total. The van der Waals surface area contributed by atoms with Gasteiger partial charge in [0.15, 0.2) is 0 Å². The standard InChI is InChI=1S/C22H29N3O3/c23-22(27)25-19-11-17(21(26)14-24-18-9-5-2-6-10-18)12-20(13-19)28-15-16-7-3-1-4-8-16/h1,3-4,7-8,11-13,18,21,24,26H,2,5-6,9-10,14-15H2,(H3,23,25,27). The Hall–Kier alpha value is -2.57. The number of rotatable bonds is 8. The molecular formula is C22H29N3O3. The zero-order valence-corrected chi connectivity index (χ0v) is 16.1. The fraction of sp³-hybridized carbons (Fsp3) is 0.409. The molecule has 0 saturated heterocycles. The summed E-state index contributed by atoms with van der Waals surface area (Å²) in [5.41, 5.74) is 7.48. The Labute approximate surface area is 166 Å². The van der Waals surface area contributed by atoms with Crippen LogP contribution in [0, 0.1) is 0 Å². The van der Waals surface area contributed by atoms with Gasteiger partial charge in [0.25, 0.3) is 0 Å². The summed E-state index contributed by atoms with van der Waals surface area (Å²) in [6.45, 7) is 0.861. The Kier molecular flexibility index (Phi) is 7.28. The van der Waals surface area contributed by atoms with Crippen LogP contribution in [0.4, 0.5) is 10.5 Å². The summed E-state index contributed by atoms with van der Waals surface area (Å²) in [7, 11) is 0. The predicted molar refractivity (Wildman–Crippen MR) is 110 cm³/mol. The summed E-state index contributed by atoms with van der Waals surface area (Å²) in [5, 5.41) is 16.7. The van der Waals surface area contributed by atoms with E-state index in [1.807, 2.05) is 36.4 Å². The number of ether oxygens (including phenoxy) is 1. The lowest BCUT2D eigenvalue weighted by Crippen LogP contribution is -2.34. The Morgan fingerprint density at radius 2 is 1.89 bits per heavy atom. The summed E-state index contributed by atoms with van der Waals surface area (Å²) in [4.78, 5) is 11.3. The van der Waals surface area contributed by atoms with Crippen LogP contribution < -0.4 is 21.1 Å². The lowest BCUT2D eigenvalue weighted by molar-refractivity contribution is 0.165. The Bertz CT molecular complexity index is 761. The molecule has 0 aromatic heterocycles. The molecular weight excluding hydrogens is 354 g/mol. The van der Waals surface area contributed by atoms with Crippen molar-refractivity contribution in [3.8, 4) is 5.75 Å². The van der Waals surface area contributed by atoms with E-state index in [1.54, 1.807) is 12.1 Å². The zero-order chi connectivity index (χ0) is 19.8. The fourth-order valence-corrected chi connectivity index (χ4v) is 3.56. The van der Waals surface area contributed by atoms with Gasteiger partial charge in [-0.2, -0.15) is 0 Å². The second-order valence-corrected chi connectivity index (χ2v) is 7.31. The van der Waals surface area contributed by atoms with E-state index in [0.717, 1.165) is 18.4 Å². The maximum absolute atomic E-state index is 11.3. The number of aliphatic hydroxyl groups is 1. The summed E-state index contributed by atoms with van der Waals surface area (Å²) in [6.07, 6.45) is 5.38. The van der Waals surface area contributed by atoms with Crippen molar-refractivity contribution >= 4 is 11.7 Å². The Morgan fingerprint density at radius 3 is 2.61 bits per heavy atom. The number of nitrogens with two attached hydrogens (primary N) is 1. The highest BCUT2D eigenvalue weighted by Gasteiger charge is 2.16. The smallest absolute Gasteiger partial charge is 0.316 e. The van der Waals surface area contributed by atoms with Crippen LogP contribution in [-0.2, 0) is 6.61 Å². The fourth-order valence-electron chi connectivity index (χ4n) is 3.56. The highest BCUT2D eigenvalue weighted by molar-refractivity contribution is 5.88. The van der Waals surface area contributed by atoms with Gasteiger partial charge < -0.3 is 26.2 Å². The van der Waals surface area contributed by atoms with Crippen molar-refractivity contribution in [1.29, 1.82) is 0 Å². The number of carbonyl (C=O) groups is 1. The van der Waals surface area contributed by atoms with Gasteiger partial charge in [-0.1, -0.05) is 49.6 Å². The Morgan fingerprint density at radius 1 is 1.14 bits per heavy atom. The van der Waals surface area contributed by atoms with Gasteiger partial charge in [-0.3, -0.25) is 0 Å². The second-order valence-electron chi connectivity index (χ2n) is 7.31. The van der Waals surface area contributed by atoms with E-state index in [9.17, 15) is 9.90 Å². The summed E-state index contributed by atoms with van der Waals surface area (Å²) < 4.78 is 5.88. The maximum atomic E-state index is 11.3. The molecule has 3 rings (SSSR count). The molecule has 2 amide bonds. The van der Waals surface area contributed by atoms with Crippen molar-refractivity contribution in [2.75, 3.05) is 11.9 Å². The van der Waals surface area contributed by atoms with Crippen LogP contribution in [0.1, 0.15) is 49.3 Å². The lowest BCUT2D eigenvalue weighted by Gasteiger charge is -2.24. The number of amides is 2. The first-order valence-electron chi connectivity index (χ1n) is 9.90. The highest BCUT2D eigenvalue weighted by atomic mass is 16.5. The molecule has 0 aliphatic heterocycles. The van der Waals surface area contributed by atoms with Crippen LogP contribution in [0.25, 0.3) is 0 Å². The van der Waals surface area contributed by atoms with E-state index in [-0.39, 0.29) is 0 Å². The molecule has 1 fully saturated rings. The first-order valence-corrected chi connectivity index (χ1v) is 9.90. The van der Waals surface area contributed by atoms with Crippen molar-refractivity contribution in [3.63, 3.8) is 0 Å². The number of hydrogen-bond donors (Lipinski definition) is 4. The van der Waals surface area contributed by atoms with E-state index in [2.05, 4.69) is 10.6 Å². The molecule has 6 heteroatoms. The molecule has 0 radical (unpaired) electrons. The van der Waals surface area contributed by atoms with Crippen LogP contribution in [0.3, 0.4) is 0 Å². The number of nitrogens with one attached hydrogen (secondary N) is 2. The number of aliphatic hydroxyl groups excluding tert-OH is 1.